The summed E-state index contributed by atoms with van der Waals surface area (Å²) in [6, 6.07) is 9.33. The van der Waals surface area contributed by atoms with Crippen molar-refractivity contribution in [3.05, 3.63) is 59.7 Å². The molecule has 1 unspecified atom stereocenters. The molecular weight excluding hydrogens is 245 g/mol. The van der Waals surface area contributed by atoms with Crippen LogP contribution in [0.25, 0.3) is 0 Å². The quantitative estimate of drug-likeness (QED) is 0.884. The summed E-state index contributed by atoms with van der Waals surface area (Å²) in [5.41, 5.74) is 2.13. The van der Waals surface area contributed by atoms with Crippen LogP contribution in [0.3, 0.4) is 0 Å². The normalized spacial score (nSPS) is 17.1. The van der Waals surface area contributed by atoms with Gasteiger partial charge in [-0.3, -0.25) is 15.1 Å². The molecule has 4 nitrogen and oxygen atoms in total. The number of anilines is 1. The van der Waals surface area contributed by atoms with Gasteiger partial charge < -0.3 is 5.32 Å². The topological polar surface area (TPSA) is 54.0 Å². The van der Waals surface area contributed by atoms with Crippen LogP contribution in [0.1, 0.15) is 17.3 Å². The first-order valence-electron chi connectivity index (χ1n) is 5.97. The Balaban J connectivity index is 1.79. The van der Waals surface area contributed by atoms with E-state index in [0.29, 0.717) is 17.8 Å². The third kappa shape index (κ3) is 2.32. The molecule has 0 bridgehead atoms. The lowest BCUT2D eigenvalue weighted by Gasteiger charge is -2.10. The second kappa shape index (κ2) is 4.78. The van der Waals surface area contributed by atoms with Gasteiger partial charge >= 0.3 is 0 Å². The Morgan fingerprint density at radius 1 is 1.32 bits per heavy atom. The number of benzene rings is 1. The van der Waals surface area contributed by atoms with Crippen LogP contribution in [0.4, 0.5) is 10.1 Å². The second-order valence-electron chi connectivity index (χ2n) is 4.36. The lowest BCUT2D eigenvalue weighted by atomic mass is 10.1. The molecule has 0 aliphatic carbocycles. The van der Waals surface area contributed by atoms with Crippen molar-refractivity contribution in [1.29, 1.82) is 0 Å². The average molecular weight is 257 g/mol. The van der Waals surface area contributed by atoms with E-state index in [1.54, 1.807) is 12.3 Å². The fourth-order valence-corrected chi connectivity index (χ4v) is 2.14. The Bertz CT molecular complexity index is 615. The van der Waals surface area contributed by atoms with E-state index in [1.165, 1.54) is 12.1 Å². The molecule has 2 heterocycles. The van der Waals surface area contributed by atoms with Gasteiger partial charge in [-0.1, -0.05) is 6.07 Å². The molecule has 2 N–H and O–H groups in total. The number of hydrogen-bond donors (Lipinski definition) is 2. The minimum Gasteiger partial charge on any atom is -0.324 e. The van der Waals surface area contributed by atoms with Crippen LogP contribution >= 0.6 is 0 Å². The molecule has 5 heteroatoms. The Labute approximate surface area is 109 Å². The number of halogens is 1. The molecule has 96 valence electrons. The predicted molar refractivity (Wildman–Crippen MR) is 68.8 cm³/mol. The van der Waals surface area contributed by atoms with Gasteiger partial charge in [0.05, 0.1) is 5.69 Å². The molecule has 0 fully saturated rings. The van der Waals surface area contributed by atoms with E-state index in [-0.39, 0.29) is 11.7 Å². The first-order chi connectivity index (χ1) is 9.24. The van der Waals surface area contributed by atoms with E-state index in [4.69, 9.17) is 0 Å². The van der Waals surface area contributed by atoms with Gasteiger partial charge in [0.2, 0.25) is 5.91 Å². The summed E-state index contributed by atoms with van der Waals surface area (Å²) in [7, 11) is 0. The molecule has 2 aromatic rings. The van der Waals surface area contributed by atoms with Crippen molar-refractivity contribution >= 4 is 11.6 Å². The summed E-state index contributed by atoms with van der Waals surface area (Å²) >= 11 is 0. The monoisotopic (exact) mass is 257 g/mol. The predicted octanol–water partition coefficient (Wildman–Crippen LogP) is 2.00. The van der Waals surface area contributed by atoms with Crippen molar-refractivity contribution in [2.45, 2.75) is 12.6 Å². The molecule has 1 aliphatic heterocycles. The van der Waals surface area contributed by atoms with E-state index >= 15 is 0 Å². The van der Waals surface area contributed by atoms with Crippen LogP contribution in [-0.2, 0) is 11.3 Å². The van der Waals surface area contributed by atoms with Crippen molar-refractivity contribution in [2.75, 3.05) is 5.32 Å². The Kier molecular flexibility index (Phi) is 2.97. The maximum absolute atomic E-state index is 13.2. The first kappa shape index (κ1) is 11.8. The number of nitrogens with zero attached hydrogens (tertiary/aromatic N) is 1. The third-order valence-electron chi connectivity index (χ3n) is 3.06. The summed E-state index contributed by atoms with van der Waals surface area (Å²) < 4.78 is 13.2. The highest BCUT2D eigenvalue weighted by Gasteiger charge is 2.30. The van der Waals surface area contributed by atoms with Crippen molar-refractivity contribution in [3.8, 4) is 0 Å². The average Bonchev–Trinajstić information content (AvgIpc) is 2.73. The number of aromatic nitrogens is 1. The van der Waals surface area contributed by atoms with Crippen LogP contribution in [0.2, 0.25) is 0 Å². The van der Waals surface area contributed by atoms with Crippen LogP contribution in [0.5, 0.6) is 0 Å². The van der Waals surface area contributed by atoms with Gasteiger partial charge in [0, 0.05) is 24.0 Å². The van der Waals surface area contributed by atoms with Crippen LogP contribution in [-0.4, -0.2) is 10.9 Å². The lowest BCUT2D eigenvalue weighted by molar-refractivity contribution is -0.117. The molecule has 1 aromatic carbocycles. The molecule has 1 aromatic heterocycles. The summed E-state index contributed by atoms with van der Waals surface area (Å²) in [4.78, 5) is 16.0. The number of amides is 1. The van der Waals surface area contributed by atoms with Gasteiger partial charge in [-0.25, -0.2) is 4.39 Å². The fourth-order valence-electron chi connectivity index (χ4n) is 2.14. The first-order valence-corrected chi connectivity index (χ1v) is 5.97. The maximum atomic E-state index is 13.2. The van der Waals surface area contributed by atoms with Crippen LogP contribution < -0.4 is 10.6 Å². The zero-order chi connectivity index (χ0) is 13.2. The van der Waals surface area contributed by atoms with Gasteiger partial charge in [-0.05, 0) is 30.3 Å². The standard InChI is InChI=1S/C14H12FN3O/c15-9-4-5-12-11(7-9)13(14(19)18-12)17-8-10-3-1-2-6-16-10/h1-7,13,17H,8H2,(H,18,19). The zero-order valence-electron chi connectivity index (χ0n) is 10.1. The summed E-state index contributed by atoms with van der Waals surface area (Å²) in [5.74, 6) is -0.517. The van der Waals surface area contributed by atoms with Crippen LogP contribution in [0, 0.1) is 5.82 Å². The SMILES string of the molecule is O=C1Nc2ccc(F)cc2C1NCc1ccccn1. The fraction of sp³-hybridized carbons (Fsp3) is 0.143. The third-order valence-corrected chi connectivity index (χ3v) is 3.06. The van der Waals surface area contributed by atoms with Gasteiger partial charge in [0.25, 0.3) is 0 Å². The van der Waals surface area contributed by atoms with E-state index in [0.717, 1.165) is 5.69 Å². The van der Waals surface area contributed by atoms with Crippen molar-refractivity contribution in [2.24, 2.45) is 0 Å². The van der Waals surface area contributed by atoms with E-state index < -0.39 is 6.04 Å². The largest absolute Gasteiger partial charge is 0.324 e. The maximum Gasteiger partial charge on any atom is 0.246 e. The van der Waals surface area contributed by atoms with Crippen molar-refractivity contribution < 1.29 is 9.18 Å². The highest BCUT2D eigenvalue weighted by molar-refractivity contribution is 6.02. The number of pyridine rings is 1. The molecule has 3 rings (SSSR count). The van der Waals surface area contributed by atoms with Gasteiger partial charge in [0.15, 0.2) is 0 Å². The van der Waals surface area contributed by atoms with Gasteiger partial charge in [-0.15, -0.1) is 0 Å². The summed E-state index contributed by atoms with van der Waals surface area (Å²) in [6.07, 6.45) is 1.69. The summed E-state index contributed by atoms with van der Waals surface area (Å²) in [5, 5.41) is 5.81. The highest BCUT2D eigenvalue weighted by atomic mass is 19.1. The highest BCUT2D eigenvalue weighted by Crippen LogP contribution is 2.31. The number of carbonyl (C=O) groups excluding carboxylic acids is 1. The Hall–Kier alpha value is -2.27. The molecule has 0 radical (unpaired) electrons. The Morgan fingerprint density at radius 2 is 2.21 bits per heavy atom. The molecule has 1 aliphatic rings. The van der Waals surface area contributed by atoms with E-state index in [2.05, 4.69) is 15.6 Å². The summed E-state index contributed by atoms with van der Waals surface area (Å²) in [6.45, 7) is 0.453. The Morgan fingerprint density at radius 3 is 3.00 bits per heavy atom. The zero-order valence-corrected chi connectivity index (χ0v) is 10.1. The second-order valence-corrected chi connectivity index (χ2v) is 4.36. The molecule has 1 amide bonds. The smallest absolute Gasteiger partial charge is 0.246 e. The van der Waals surface area contributed by atoms with Gasteiger partial charge in [0.1, 0.15) is 11.9 Å². The van der Waals surface area contributed by atoms with Crippen molar-refractivity contribution in [1.82, 2.24) is 10.3 Å². The molecule has 0 spiro atoms. The number of fused-ring (bicyclic) bond motifs is 1. The molecule has 0 saturated carbocycles. The molecular formula is C14H12FN3O. The van der Waals surface area contributed by atoms with E-state index in [1.807, 2.05) is 18.2 Å². The van der Waals surface area contributed by atoms with Crippen LogP contribution in [0.15, 0.2) is 42.6 Å². The van der Waals surface area contributed by atoms with Gasteiger partial charge in [-0.2, -0.15) is 0 Å². The minimum atomic E-state index is -0.535. The van der Waals surface area contributed by atoms with Crippen molar-refractivity contribution in [3.63, 3.8) is 0 Å². The lowest BCUT2D eigenvalue weighted by Crippen LogP contribution is -2.27. The molecule has 0 saturated heterocycles. The van der Waals surface area contributed by atoms with E-state index in [9.17, 15) is 9.18 Å². The molecule has 19 heavy (non-hydrogen) atoms. The number of rotatable bonds is 3. The number of nitrogens with one attached hydrogen (secondary N) is 2. The molecule has 1 atom stereocenters. The number of hydrogen-bond acceptors (Lipinski definition) is 3. The number of carbonyl (C=O) groups is 1. The minimum absolute atomic E-state index is 0.170.